The summed E-state index contributed by atoms with van der Waals surface area (Å²) in [5.74, 6) is 0.0214. The summed E-state index contributed by atoms with van der Waals surface area (Å²) in [5, 5.41) is 3.85. The molecule has 1 unspecified atom stereocenters. The lowest BCUT2D eigenvalue weighted by Crippen LogP contribution is -2.53. The Morgan fingerprint density at radius 2 is 2.14 bits per heavy atom. The van der Waals surface area contributed by atoms with E-state index < -0.39 is 0 Å². The van der Waals surface area contributed by atoms with Gasteiger partial charge in [-0.3, -0.25) is 14.5 Å². The highest BCUT2D eigenvalue weighted by Crippen LogP contribution is 2.20. The molecule has 2 N–H and O–H groups in total. The summed E-state index contributed by atoms with van der Waals surface area (Å²) in [7, 11) is 0. The van der Waals surface area contributed by atoms with Gasteiger partial charge in [-0.15, -0.1) is 11.8 Å². The monoisotopic (exact) mass is 317 g/mol. The van der Waals surface area contributed by atoms with E-state index >= 15 is 0 Å². The average Bonchev–Trinajstić information content (AvgIpc) is 2.52. The third kappa shape index (κ3) is 2.89. The zero-order valence-corrected chi connectivity index (χ0v) is 13.5. The fourth-order valence-electron chi connectivity index (χ4n) is 2.73. The number of fused-ring (bicyclic) bond motifs is 1. The van der Waals surface area contributed by atoms with Crippen molar-refractivity contribution in [2.75, 3.05) is 19.3 Å². The molecule has 2 aromatic rings. The van der Waals surface area contributed by atoms with E-state index in [0.717, 1.165) is 22.3 Å². The maximum absolute atomic E-state index is 12.3. The first-order valence-electron chi connectivity index (χ1n) is 7.30. The van der Waals surface area contributed by atoms with E-state index in [-0.39, 0.29) is 17.5 Å². The second-order valence-corrected chi connectivity index (χ2v) is 6.39. The number of H-pyrrole nitrogens is 1. The predicted molar refractivity (Wildman–Crippen MR) is 89.2 cm³/mol. The topological polar surface area (TPSA) is 65.2 Å². The van der Waals surface area contributed by atoms with Crippen LogP contribution in [-0.2, 0) is 11.3 Å². The number of rotatable bonds is 3. The van der Waals surface area contributed by atoms with Crippen molar-refractivity contribution in [2.45, 2.75) is 24.4 Å². The van der Waals surface area contributed by atoms with Crippen LogP contribution in [0.2, 0.25) is 0 Å². The predicted octanol–water partition coefficient (Wildman–Crippen LogP) is 1.57. The normalized spacial score (nSPS) is 19.4. The fraction of sp³-hybridized carbons (Fsp3) is 0.375. The van der Waals surface area contributed by atoms with E-state index in [0.29, 0.717) is 18.7 Å². The van der Waals surface area contributed by atoms with Crippen LogP contribution in [0.3, 0.4) is 0 Å². The molecule has 1 fully saturated rings. The molecule has 1 amide bonds. The molecule has 0 aliphatic carbocycles. The van der Waals surface area contributed by atoms with Crippen LogP contribution >= 0.6 is 11.8 Å². The number of hydrogen-bond acceptors (Lipinski definition) is 4. The number of carbonyl (C=O) groups excluding carboxylic acids is 1. The fourth-order valence-corrected chi connectivity index (χ4v) is 3.17. The van der Waals surface area contributed by atoms with Crippen molar-refractivity contribution in [2.24, 2.45) is 0 Å². The molecular formula is C16H19N3O2S. The minimum atomic E-state index is -0.206. The molecule has 2 heterocycles. The number of nitrogens with one attached hydrogen (secondary N) is 2. The number of pyridine rings is 1. The minimum Gasteiger partial charge on any atom is -0.353 e. The molecule has 116 valence electrons. The SMILES string of the molecule is CSc1ccc2cc(CN3CCNC(=O)C3C)c(=O)[nH]c2c1. The minimum absolute atomic E-state index is 0.0214. The highest BCUT2D eigenvalue weighted by atomic mass is 32.2. The largest absolute Gasteiger partial charge is 0.353 e. The number of aromatic amines is 1. The molecule has 0 bridgehead atoms. The smallest absolute Gasteiger partial charge is 0.252 e. The Hall–Kier alpha value is -1.79. The number of thioether (sulfide) groups is 1. The maximum atomic E-state index is 12.3. The molecule has 5 nitrogen and oxygen atoms in total. The van der Waals surface area contributed by atoms with Gasteiger partial charge in [0, 0.05) is 35.6 Å². The van der Waals surface area contributed by atoms with Gasteiger partial charge in [-0.2, -0.15) is 0 Å². The van der Waals surface area contributed by atoms with Gasteiger partial charge in [-0.1, -0.05) is 6.07 Å². The van der Waals surface area contributed by atoms with Crippen molar-refractivity contribution in [3.63, 3.8) is 0 Å². The van der Waals surface area contributed by atoms with Gasteiger partial charge in [0.15, 0.2) is 0 Å². The molecule has 1 aromatic heterocycles. The van der Waals surface area contributed by atoms with Gasteiger partial charge < -0.3 is 10.3 Å². The van der Waals surface area contributed by atoms with Crippen LogP contribution in [0.25, 0.3) is 10.9 Å². The Morgan fingerprint density at radius 1 is 1.32 bits per heavy atom. The number of carbonyl (C=O) groups is 1. The van der Waals surface area contributed by atoms with Crippen LogP contribution in [0.1, 0.15) is 12.5 Å². The van der Waals surface area contributed by atoms with Crippen molar-refractivity contribution in [1.82, 2.24) is 15.2 Å². The first kappa shape index (κ1) is 15.1. The molecule has 1 atom stereocenters. The van der Waals surface area contributed by atoms with E-state index in [1.165, 1.54) is 0 Å². The van der Waals surface area contributed by atoms with Gasteiger partial charge in [0.05, 0.1) is 6.04 Å². The van der Waals surface area contributed by atoms with Gasteiger partial charge in [-0.05, 0) is 36.8 Å². The molecule has 0 spiro atoms. The number of piperazine rings is 1. The Labute approximate surface area is 133 Å². The molecule has 1 aromatic carbocycles. The molecule has 6 heteroatoms. The molecular weight excluding hydrogens is 298 g/mol. The van der Waals surface area contributed by atoms with Gasteiger partial charge in [0.1, 0.15) is 0 Å². The number of benzene rings is 1. The Balaban J connectivity index is 1.92. The van der Waals surface area contributed by atoms with Crippen LogP contribution in [0.4, 0.5) is 0 Å². The van der Waals surface area contributed by atoms with E-state index in [1.807, 2.05) is 42.3 Å². The van der Waals surface area contributed by atoms with Crippen molar-refractivity contribution in [1.29, 1.82) is 0 Å². The third-order valence-corrected chi connectivity index (χ3v) is 4.85. The Kier molecular flexibility index (Phi) is 4.22. The second-order valence-electron chi connectivity index (χ2n) is 5.51. The molecule has 0 saturated carbocycles. The van der Waals surface area contributed by atoms with Gasteiger partial charge >= 0.3 is 0 Å². The quantitative estimate of drug-likeness (QED) is 0.844. The molecule has 1 aliphatic rings. The maximum Gasteiger partial charge on any atom is 0.252 e. The second kappa shape index (κ2) is 6.14. The molecule has 0 radical (unpaired) electrons. The van der Waals surface area contributed by atoms with Crippen molar-refractivity contribution in [3.8, 4) is 0 Å². The number of aromatic nitrogens is 1. The third-order valence-electron chi connectivity index (χ3n) is 4.13. The Bertz CT molecular complexity index is 772. The summed E-state index contributed by atoms with van der Waals surface area (Å²) in [6, 6.07) is 7.78. The lowest BCUT2D eigenvalue weighted by molar-refractivity contribution is -0.128. The number of amides is 1. The van der Waals surface area contributed by atoms with Crippen LogP contribution in [-0.4, -0.2) is 41.2 Å². The highest BCUT2D eigenvalue weighted by molar-refractivity contribution is 7.98. The Morgan fingerprint density at radius 3 is 2.91 bits per heavy atom. The van der Waals surface area contributed by atoms with E-state index in [1.54, 1.807) is 11.8 Å². The zero-order chi connectivity index (χ0) is 15.7. The molecule has 1 saturated heterocycles. The number of nitrogens with zero attached hydrogens (tertiary/aromatic N) is 1. The summed E-state index contributed by atoms with van der Waals surface area (Å²) in [4.78, 5) is 30.1. The first-order chi connectivity index (χ1) is 10.6. The average molecular weight is 317 g/mol. The van der Waals surface area contributed by atoms with Gasteiger partial charge in [0.25, 0.3) is 5.56 Å². The zero-order valence-electron chi connectivity index (χ0n) is 12.7. The summed E-state index contributed by atoms with van der Waals surface area (Å²) in [5.41, 5.74) is 1.47. The first-order valence-corrected chi connectivity index (χ1v) is 8.52. The summed E-state index contributed by atoms with van der Waals surface area (Å²) >= 11 is 1.65. The van der Waals surface area contributed by atoms with Crippen molar-refractivity contribution < 1.29 is 4.79 Å². The lowest BCUT2D eigenvalue weighted by atomic mass is 10.1. The van der Waals surface area contributed by atoms with Gasteiger partial charge in [0.2, 0.25) is 5.91 Å². The highest BCUT2D eigenvalue weighted by Gasteiger charge is 2.25. The standard InChI is InChI=1S/C16H19N3O2S/c1-10-15(20)17-5-6-19(10)9-12-7-11-3-4-13(22-2)8-14(11)18-16(12)21/h3-4,7-8,10H,5-6,9H2,1-2H3,(H,17,20)(H,18,21). The number of hydrogen-bond donors (Lipinski definition) is 2. The van der Waals surface area contributed by atoms with Crippen LogP contribution in [0.15, 0.2) is 34.0 Å². The summed E-state index contributed by atoms with van der Waals surface area (Å²) < 4.78 is 0. The van der Waals surface area contributed by atoms with E-state index in [2.05, 4.69) is 10.3 Å². The van der Waals surface area contributed by atoms with E-state index in [9.17, 15) is 9.59 Å². The van der Waals surface area contributed by atoms with Crippen LogP contribution in [0, 0.1) is 0 Å². The molecule has 3 rings (SSSR count). The van der Waals surface area contributed by atoms with E-state index in [4.69, 9.17) is 0 Å². The van der Waals surface area contributed by atoms with Gasteiger partial charge in [-0.25, -0.2) is 0 Å². The van der Waals surface area contributed by atoms with Crippen LogP contribution < -0.4 is 10.9 Å². The van der Waals surface area contributed by atoms with Crippen LogP contribution in [0.5, 0.6) is 0 Å². The van der Waals surface area contributed by atoms with Crippen molar-refractivity contribution >= 4 is 28.6 Å². The summed E-state index contributed by atoms with van der Waals surface area (Å²) in [6.45, 7) is 3.75. The molecule has 1 aliphatic heterocycles. The van der Waals surface area contributed by atoms with Crippen molar-refractivity contribution in [3.05, 3.63) is 40.2 Å². The summed E-state index contributed by atoms with van der Waals surface area (Å²) in [6.07, 6.45) is 2.01. The lowest BCUT2D eigenvalue weighted by Gasteiger charge is -2.32. The molecule has 22 heavy (non-hydrogen) atoms.